The van der Waals surface area contributed by atoms with Gasteiger partial charge in [0.25, 0.3) is 5.56 Å². The molecule has 1 aliphatic heterocycles. The molecule has 134 valence electrons. The van der Waals surface area contributed by atoms with E-state index >= 15 is 0 Å². The van der Waals surface area contributed by atoms with E-state index in [4.69, 9.17) is 4.74 Å². The van der Waals surface area contributed by atoms with Crippen LogP contribution in [0.15, 0.2) is 40.3 Å². The number of aromatic amines is 1. The van der Waals surface area contributed by atoms with Crippen molar-refractivity contribution in [2.75, 3.05) is 32.1 Å². The molecule has 1 saturated heterocycles. The lowest BCUT2D eigenvalue weighted by Gasteiger charge is -2.26. The minimum absolute atomic E-state index is 0.00931. The third-order valence-corrected chi connectivity index (χ3v) is 4.85. The van der Waals surface area contributed by atoms with Crippen molar-refractivity contribution in [1.82, 2.24) is 14.9 Å². The Morgan fingerprint density at radius 3 is 2.73 bits per heavy atom. The van der Waals surface area contributed by atoms with Crippen molar-refractivity contribution < 1.29 is 9.53 Å². The number of ether oxygens (including phenoxy) is 1. The molecule has 1 aromatic carbocycles. The monoisotopic (exact) mass is 370 g/mol. The summed E-state index contributed by atoms with van der Waals surface area (Å²) in [6.07, 6.45) is 0.356. The molecule has 0 unspecified atom stereocenters. The van der Waals surface area contributed by atoms with E-state index in [1.54, 1.807) is 17.0 Å². The molecular weight excluding hydrogens is 352 g/mol. The summed E-state index contributed by atoms with van der Waals surface area (Å²) in [6.45, 7) is 2.38. The minimum Gasteiger partial charge on any atom is -0.378 e. The number of amides is 1. The lowest BCUT2D eigenvalue weighted by atomic mass is 10.1. The van der Waals surface area contributed by atoms with Crippen LogP contribution in [0.2, 0.25) is 0 Å². The van der Waals surface area contributed by atoms with Gasteiger partial charge in [0, 0.05) is 30.8 Å². The van der Waals surface area contributed by atoms with Crippen molar-refractivity contribution in [3.05, 3.63) is 46.2 Å². The van der Waals surface area contributed by atoms with Crippen LogP contribution in [0.5, 0.6) is 0 Å². The molecular formula is C18H18N4O3S. The molecule has 1 amide bonds. The van der Waals surface area contributed by atoms with Crippen LogP contribution in [-0.4, -0.2) is 52.8 Å². The quantitative estimate of drug-likeness (QED) is 0.635. The number of carbonyl (C=O) groups is 1. The Hall–Kier alpha value is -2.63. The molecule has 3 rings (SSSR count). The van der Waals surface area contributed by atoms with E-state index in [2.05, 4.69) is 9.97 Å². The fraction of sp³-hybridized carbons (Fsp3) is 0.333. The van der Waals surface area contributed by atoms with E-state index in [1.165, 1.54) is 11.8 Å². The number of hydrogen-bond acceptors (Lipinski definition) is 6. The van der Waals surface area contributed by atoms with Gasteiger partial charge < -0.3 is 14.6 Å². The molecule has 26 heavy (non-hydrogen) atoms. The number of thioether (sulfide) groups is 1. The number of morpholine rings is 1. The highest BCUT2D eigenvalue weighted by atomic mass is 32.2. The smallest absolute Gasteiger partial charge is 0.270 e. The number of nitrogens with zero attached hydrogens (tertiary/aromatic N) is 3. The maximum Gasteiger partial charge on any atom is 0.270 e. The van der Waals surface area contributed by atoms with E-state index in [1.807, 2.05) is 24.3 Å². The van der Waals surface area contributed by atoms with Crippen LogP contribution >= 0.6 is 11.8 Å². The molecule has 2 heterocycles. The van der Waals surface area contributed by atoms with Gasteiger partial charge in [-0.2, -0.15) is 5.26 Å². The third-order valence-electron chi connectivity index (χ3n) is 3.98. The van der Waals surface area contributed by atoms with Crippen LogP contribution in [-0.2, 0) is 9.53 Å². The van der Waals surface area contributed by atoms with Crippen LogP contribution in [0.3, 0.4) is 0 Å². The molecule has 1 aliphatic rings. The molecule has 0 radical (unpaired) electrons. The van der Waals surface area contributed by atoms with E-state index < -0.39 is 5.56 Å². The van der Waals surface area contributed by atoms with Gasteiger partial charge in [-0.05, 0) is 0 Å². The summed E-state index contributed by atoms with van der Waals surface area (Å²) in [7, 11) is 0. The summed E-state index contributed by atoms with van der Waals surface area (Å²) < 4.78 is 5.24. The molecule has 2 aromatic rings. The lowest BCUT2D eigenvalue weighted by Crippen LogP contribution is -2.40. The van der Waals surface area contributed by atoms with Crippen LogP contribution in [0.1, 0.15) is 12.0 Å². The number of benzene rings is 1. The Morgan fingerprint density at radius 2 is 2.04 bits per heavy atom. The van der Waals surface area contributed by atoms with Gasteiger partial charge in [0.2, 0.25) is 5.91 Å². The van der Waals surface area contributed by atoms with Crippen molar-refractivity contribution in [1.29, 1.82) is 5.26 Å². The number of nitriles is 1. The molecule has 0 aliphatic carbocycles. The summed E-state index contributed by atoms with van der Waals surface area (Å²) in [5, 5.41) is 9.67. The standard InChI is InChI=1S/C18H18N4O3S/c19-12-14-16(13-4-2-1-3-5-13)20-18(21-17(14)24)26-11-6-15(23)22-7-9-25-10-8-22/h1-5H,6-11H2,(H,20,21,24). The van der Waals surface area contributed by atoms with Gasteiger partial charge in [-0.15, -0.1) is 0 Å². The zero-order valence-corrected chi connectivity index (χ0v) is 14.9. The zero-order chi connectivity index (χ0) is 18.4. The number of rotatable bonds is 5. The summed E-state index contributed by atoms with van der Waals surface area (Å²) in [4.78, 5) is 33.2. The molecule has 1 aromatic heterocycles. The molecule has 7 nitrogen and oxygen atoms in total. The molecule has 0 saturated carbocycles. The Bertz CT molecular complexity index is 870. The number of H-pyrrole nitrogens is 1. The fourth-order valence-corrected chi connectivity index (χ4v) is 3.43. The van der Waals surface area contributed by atoms with Crippen LogP contribution in [0.25, 0.3) is 11.3 Å². The first-order chi connectivity index (χ1) is 12.7. The van der Waals surface area contributed by atoms with Crippen LogP contribution < -0.4 is 5.56 Å². The molecule has 0 bridgehead atoms. The molecule has 1 N–H and O–H groups in total. The first-order valence-corrected chi connectivity index (χ1v) is 9.26. The highest BCUT2D eigenvalue weighted by molar-refractivity contribution is 7.99. The largest absolute Gasteiger partial charge is 0.378 e. The van der Waals surface area contributed by atoms with Gasteiger partial charge in [0.15, 0.2) is 5.16 Å². The maximum atomic E-state index is 12.2. The second-order valence-corrected chi connectivity index (χ2v) is 6.75. The van der Waals surface area contributed by atoms with Crippen molar-refractivity contribution >= 4 is 17.7 Å². The van der Waals surface area contributed by atoms with Gasteiger partial charge in [-0.25, -0.2) is 4.98 Å². The topological polar surface area (TPSA) is 99.1 Å². The number of carbonyl (C=O) groups excluding carboxylic acids is 1. The van der Waals surface area contributed by atoms with Gasteiger partial charge in [-0.1, -0.05) is 42.1 Å². The summed E-state index contributed by atoms with van der Waals surface area (Å²) in [5.74, 6) is 0.569. The van der Waals surface area contributed by atoms with E-state index in [0.717, 1.165) is 0 Å². The molecule has 1 fully saturated rings. The summed E-state index contributed by atoms with van der Waals surface area (Å²) >= 11 is 1.30. The van der Waals surface area contributed by atoms with Crippen molar-refractivity contribution in [3.8, 4) is 17.3 Å². The van der Waals surface area contributed by atoms with E-state index in [9.17, 15) is 14.9 Å². The molecule has 8 heteroatoms. The average Bonchev–Trinajstić information content (AvgIpc) is 2.69. The number of hydrogen-bond donors (Lipinski definition) is 1. The van der Waals surface area contributed by atoms with Gasteiger partial charge in [-0.3, -0.25) is 9.59 Å². The van der Waals surface area contributed by atoms with Crippen LogP contribution in [0.4, 0.5) is 0 Å². The highest BCUT2D eigenvalue weighted by Crippen LogP contribution is 2.22. The first kappa shape index (κ1) is 18.2. The normalized spacial score (nSPS) is 14.0. The summed E-state index contributed by atoms with van der Waals surface area (Å²) in [5.41, 5.74) is 0.591. The molecule has 0 atom stereocenters. The van der Waals surface area contributed by atoms with Crippen molar-refractivity contribution in [3.63, 3.8) is 0 Å². The number of aromatic nitrogens is 2. The van der Waals surface area contributed by atoms with E-state index in [0.29, 0.717) is 54.9 Å². The number of nitrogens with one attached hydrogen (secondary N) is 1. The van der Waals surface area contributed by atoms with Gasteiger partial charge in [0.05, 0.1) is 18.9 Å². The average molecular weight is 370 g/mol. The third kappa shape index (κ3) is 4.31. The van der Waals surface area contributed by atoms with E-state index in [-0.39, 0.29) is 11.5 Å². The van der Waals surface area contributed by atoms with Crippen molar-refractivity contribution in [2.24, 2.45) is 0 Å². The Balaban J connectivity index is 1.71. The predicted octanol–water partition coefficient (Wildman–Crippen LogP) is 1.65. The second-order valence-electron chi connectivity index (χ2n) is 5.66. The zero-order valence-electron chi connectivity index (χ0n) is 14.1. The SMILES string of the molecule is N#Cc1c(-c2ccccc2)nc(SCCC(=O)N2CCOCC2)[nH]c1=O. The van der Waals surface area contributed by atoms with Crippen molar-refractivity contribution in [2.45, 2.75) is 11.6 Å². The molecule has 0 spiro atoms. The van der Waals surface area contributed by atoms with Gasteiger partial charge >= 0.3 is 0 Å². The highest BCUT2D eigenvalue weighted by Gasteiger charge is 2.17. The second kappa shape index (κ2) is 8.65. The lowest BCUT2D eigenvalue weighted by molar-refractivity contribution is -0.134. The predicted molar refractivity (Wildman–Crippen MR) is 97.7 cm³/mol. The maximum absolute atomic E-state index is 12.2. The van der Waals surface area contributed by atoms with Gasteiger partial charge in [0.1, 0.15) is 11.6 Å². The minimum atomic E-state index is -0.469. The summed E-state index contributed by atoms with van der Waals surface area (Å²) in [6, 6.07) is 11.0. The Labute approximate surface area is 155 Å². The fourth-order valence-electron chi connectivity index (χ4n) is 2.64. The first-order valence-electron chi connectivity index (χ1n) is 8.27. The Morgan fingerprint density at radius 1 is 1.31 bits per heavy atom. The Kier molecular flexibility index (Phi) is 6.04. The van der Waals surface area contributed by atoms with Crippen LogP contribution in [0, 0.1) is 11.3 Å².